The van der Waals surface area contributed by atoms with E-state index < -0.39 is 0 Å². The number of benzene rings is 2. The van der Waals surface area contributed by atoms with Crippen molar-refractivity contribution >= 4 is 57.9 Å². The standard InChI is InChI=1S/C22H17Cl2N5OS2/c1-14(19-3-2-12-31-19)25-26-20(30)13-32-22-28-27-21(15-4-6-16(23)7-5-15)29(22)18-10-8-17(24)9-11-18/h2-12H,13H2,1H3,(H,26,30). The van der Waals surface area contributed by atoms with Gasteiger partial charge in [0.2, 0.25) is 0 Å². The maximum Gasteiger partial charge on any atom is 0.250 e. The zero-order valence-electron chi connectivity index (χ0n) is 16.8. The Balaban J connectivity index is 1.55. The number of hydrogen-bond donors (Lipinski definition) is 1. The van der Waals surface area contributed by atoms with Crippen molar-refractivity contribution in [2.24, 2.45) is 5.10 Å². The van der Waals surface area contributed by atoms with Gasteiger partial charge in [-0.25, -0.2) is 5.43 Å². The lowest BCUT2D eigenvalue weighted by molar-refractivity contribution is -0.118. The minimum Gasteiger partial charge on any atom is -0.272 e. The summed E-state index contributed by atoms with van der Waals surface area (Å²) in [4.78, 5) is 13.4. The average Bonchev–Trinajstić information content (AvgIpc) is 3.48. The highest BCUT2D eigenvalue weighted by molar-refractivity contribution is 7.99. The molecule has 2 aromatic heterocycles. The van der Waals surface area contributed by atoms with Crippen LogP contribution in [0.5, 0.6) is 0 Å². The first-order valence-corrected chi connectivity index (χ1v) is 12.1. The number of carbonyl (C=O) groups is 1. The Kier molecular flexibility index (Phi) is 7.26. The van der Waals surface area contributed by atoms with Crippen molar-refractivity contribution in [1.29, 1.82) is 0 Å². The molecule has 0 atom stereocenters. The molecule has 0 aliphatic rings. The second-order valence-corrected chi connectivity index (χ2v) is 9.39. The van der Waals surface area contributed by atoms with Gasteiger partial charge in [0.05, 0.1) is 11.5 Å². The maximum atomic E-state index is 12.4. The quantitative estimate of drug-likeness (QED) is 0.193. The molecule has 10 heteroatoms. The van der Waals surface area contributed by atoms with Gasteiger partial charge in [0, 0.05) is 26.2 Å². The number of carbonyl (C=O) groups excluding carboxylic acids is 1. The van der Waals surface area contributed by atoms with Crippen LogP contribution in [0.2, 0.25) is 10.0 Å². The Labute approximate surface area is 203 Å². The number of hydrazone groups is 1. The summed E-state index contributed by atoms with van der Waals surface area (Å²) in [5.74, 6) is 0.538. The number of thiophene rings is 1. The van der Waals surface area contributed by atoms with Crippen molar-refractivity contribution in [2.45, 2.75) is 12.1 Å². The molecular formula is C22H17Cl2N5OS2. The van der Waals surface area contributed by atoms with Crippen molar-refractivity contribution in [3.8, 4) is 17.1 Å². The van der Waals surface area contributed by atoms with Gasteiger partial charge < -0.3 is 0 Å². The van der Waals surface area contributed by atoms with E-state index in [-0.39, 0.29) is 11.7 Å². The lowest BCUT2D eigenvalue weighted by Gasteiger charge is -2.10. The SMILES string of the molecule is CC(=NNC(=O)CSc1nnc(-c2ccc(Cl)cc2)n1-c1ccc(Cl)cc1)c1cccs1. The minimum absolute atomic E-state index is 0.133. The number of aromatic nitrogens is 3. The third-order valence-corrected chi connectivity index (χ3v) is 6.79. The van der Waals surface area contributed by atoms with E-state index in [4.69, 9.17) is 23.2 Å². The van der Waals surface area contributed by atoms with E-state index >= 15 is 0 Å². The van der Waals surface area contributed by atoms with Crippen LogP contribution < -0.4 is 5.43 Å². The van der Waals surface area contributed by atoms with Crippen LogP contribution >= 0.6 is 46.3 Å². The van der Waals surface area contributed by atoms with Gasteiger partial charge >= 0.3 is 0 Å². The number of nitrogens with zero attached hydrogens (tertiary/aromatic N) is 4. The molecule has 0 bridgehead atoms. The van der Waals surface area contributed by atoms with E-state index in [0.717, 1.165) is 21.8 Å². The van der Waals surface area contributed by atoms with Crippen LogP contribution in [0.15, 0.2) is 76.3 Å². The number of rotatable bonds is 7. The number of halogens is 2. The van der Waals surface area contributed by atoms with Crippen molar-refractivity contribution in [2.75, 3.05) is 5.75 Å². The van der Waals surface area contributed by atoms with E-state index in [1.54, 1.807) is 35.6 Å². The van der Waals surface area contributed by atoms with Gasteiger partial charge in [0.15, 0.2) is 11.0 Å². The van der Waals surface area contributed by atoms with Crippen molar-refractivity contribution in [3.05, 3.63) is 81.0 Å². The molecule has 0 aliphatic heterocycles. The van der Waals surface area contributed by atoms with E-state index in [0.29, 0.717) is 21.0 Å². The first-order chi connectivity index (χ1) is 15.5. The molecule has 0 spiro atoms. The van der Waals surface area contributed by atoms with E-state index in [1.807, 2.05) is 53.3 Å². The molecule has 162 valence electrons. The molecule has 2 heterocycles. The summed E-state index contributed by atoms with van der Waals surface area (Å²) in [5, 5.41) is 16.7. The summed E-state index contributed by atoms with van der Waals surface area (Å²) in [5.41, 5.74) is 5.04. The van der Waals surface area contributed by atoms with Crippen LogP contribution in [0, 0.1) is 0 Å². The van der Waals surface area contributed by atoms with Crippen LogP contribution in [-0.4, -0.2) is 32.1 Å². The Morgan fingerprint density at radius 1 is 1.06 bits per heavy atom. The van der Waals surface area contributed by atoms with E-state index in [9.17, 15) is 4.79 Å². The van der Waals surface area contributed by atoms with E-state index in [2.05, 4.69) is 20.7 Å². The predicted octanol–water partition coefficient (Wildman–Crippen LogP) is 5.94. The summed E-state index contributed by atoms with van der Waals surface area (Å²) < 4.78 is 1.89. The topological polar surface area (TPSA) is 72.2 Å². The largest absolute Gasteiger partial charge is 0.272 e. The zero-order chi connectivity index (χ0) is 22.5. The number of amides is 1. The molecule has 0 radical (unpaired) electrons. The molecule has 1 N–H and O–H groups in total. The van der Waals surface area contributed by atoms with Crippen LogP contribution in [0.4, 0.5) is 0 Å². The van der Waals surface area contributed by atoms with Gasteiger partial charge in [-0.2, -0.15) is 5.10 Å². The second-order valence-electron chi connectivity index (χ2n) is 6.62. The first-order valence-electron chi connectivity index (χ1n) is 9.48. The molecule has 0 unspecified atom stereocenters. The highest BCUT2D eigenvalue weighted by Crippen LogP contribution is 2.29. The maximum absolute atomic E-state index is 12.4. The van der Waals surface area contributed by atoms with Gasteiger partial charge in [0.25, 0.3) is 5.91 Å². The summed E-state index contributed by atoms with van der Waals surface area (Å²) >= 11 is 14.9. The molecule has 0 saturated carbocycles. The Bertz CT molecular complexity index is 1240. The smallest absolute Gasteiger partial charge is 0.250 e. The van der Waals surface area contributed by atoms with Gasteiger partial charge in [0.1, 0.15) is 0 Å². The normalized spacial score (nSPS) is 11.5. The molecule has 4 rings (SSSR count). The Hall–Kier alpha value is -2.65. The van der Waals surface area contributed by atoms with Gasteiger partial charge in [-0.1, -0.05) is 41.0 Å². The summed E-state index contributed by atoms with van der Waals surface area (Å²) in [7, 11) is 0. The fourth-order valence-corrected chi connectivity index (χ4v) is 4.49. The fraction of sp³-hybridized carbons (Fsp3) is 0.0909. The van der Waals surface area contributed by atoms with Crippen LogP contribution in [0.1, 0.15) is 11.8 Å². The molecule has 0 aliphatic carbocycles. The number of nitrogens with one attached hydrogen (secondary N) is 1. The van der Waals surface area contributed by atoms with E-state index in [1.165, 1.54) is 11.8 Å². The van der Waals surface area contributed by atoms with Crippen molar-refractivity contribution in [1.82, 2.24) is 20.2 Å². The highest BCUT2D eigenvalue weighted by atomic mass is 35.5. The van der Waals surface area contributed by atoms with Crippen LogP contribution in [0.25, 0.3) is 17.1 Å². The minimum atomic E-state index is -0.232. The van der Waals surface area contributed by atoms with Crippen LogP contribution in [0.3, 0.4) is 0 Å². The Morgan fingerprint density at radius 2 is 1.75 bits per heavy atom. The van der Waals surface area contributed by atoms with Gasteiger partial charge in [-0.3, -0.25) is 9.36 Å². The summed E-state index contributed by atoms with van der Waals surface area (Å²) in [6, 6.07) is 18.6. The molecule has 0 fully saturated rings. The fourth-order valence-electron chi connectivity index (χ4n) is 2.82. The number of hydrogen-bond acceptors (Lipinski definition) is 6. The van der Waals surface area contributed by atoms with Crippen LogP contribution in [-0.2, 0) is 4.79 Å². The molecule has 32 heavy (non-hydrogen) atoms. The predicted molar refractivity (Wildman–Crippen MR) is 132 cm³/mol. The lowest BCUT2D eigenvalue weighted by Crippen LogP contribution is -2.21. The Morgan fingerprint density at radius 3 is 2.41 bits per heavy atom. The molecular weight excluding hydrogens is 485 g/mol. The molecule has 0 saturated heterocycles. The monoisotopic (exact) mass is 501 g/mol. The molecule has 2 aromatic carbocycles. The average molecular weight is 502 g/mol. The third kappa shape index (κ3) is 5.39. The van der Waals surface area contributed by atoms with Gasteiger partial charge in [-0.05, 0) is 66.9 Å². The second kappa shape index (κ2) is 10.3. The van der Waals surface area contributed by atoms with Crippen molar-refractivity contribution < 1.29 is 4.79 Å². The van der Waals surface area contributed by atoms with Crippen molar-refractivity contribution in [3.63, 3.8) is 0 Å². The summed E-state index contributed by atoms with van der Waals surface area (Å²) in [6.07, 6.45) is 0. The number of thioether (sulfide) groups is 1. The highest BCUT2D eigenvalue weighted by Gasteiger charge is 2.17. The molecule has 6 nitrogen and oxygen atoms in total. The first kappa shape index (κ1) is 22.5. The lowest BCUT2D eigenvalue weighted by atomic mass is 10.2. The molecule has 4 aromatic rings. The zero-order valence-corrected chi connectivity index (χ0v) is 20.0. The van der Waals surface area contributed by atoms with Gasteiger partial charge in [-0.15, -0.1) is 21.5 Å². The molecule has 1 amide bonds. The third-order valence-electron chi connectivity index (χ3n) is 4.38. The summed E-state index contributed by atoms with van der Waals surface area (Å²) in [6.45, 7) is 1.86.